The van der Waals surface area contributed by atoms with E-state index in [2.05, 4.69) is 61.3 Å². The molecule has 0 fully saturated rings. The third-order valence-corrected chi connectivity index (χ3v) is 6.95. The summed E-state index contributed by atoms with van der Waals surface area (Å²) in [5.74, 6) is 0.00734. The van der Waals surface area contributed by atoms with E-state index in [9.17, 15) is 9.59 Å². The molecule has 2 aliphatic rings. The summed E-state index contributed by atoms with van der Waals surface area (Å²) in [7, 11) is 2.12. The van der Waals surface area contributed by atoms with E-state index < -0.39 is 0 Å². The highest BCUT2D eigenvalue weighted by Crippen LogP contribution is 2.39. The number of ketones is 2. The van der Waals surface area contributed by atoms with Crippen LogP contribution in [0.5, 0.6) is 0 Å². The third-order valence-electron chi connectivity index (χ3n) is 6.95. The summed E-state index contributed by atoms with van der Waals surface area (Å²) < 4.78 is 0.473. The number of quaternary nitrogens is 1. The van der Waals surface area contributed by atoms with Crippen molar-refractivity contribution in [3.05, 3.63) is 94.8 Å². The van der Waals surface area contributed by atoms with E-state index in [1.807, 2.05) is 12.1 Å². The maximum Gasteiger partial charge on any atom is 0.249 e. The molecule has 0 spiro atoms. The molecule has 3 aromatic rings. The Labute approximate surface area is 189 Å². The van der Waals surface area contributed by atoms with E-state index in [1.165, 1.54) is 16.3 Å². The van der Waals surface area contributed by atoms with Gasteiger partial charge in [-0.15, -0.1) is 0 Å². The lowest BCUT2D eigenvalue weighted by Gasteiger charge is -2.32. The molecule has 1 aliphatic heterocycles. The number of hydrogen-bond acceptors (Lipinski definition) is 3. The van der Waals surface area contributed by atoms with Gasteiger partial charge in [0.15, 0.2) is 12.4 Å². The smallest absolute Gasteiger partial charge is 0.249 e. The van der Waals surface area contributed by atoms with Crippen molar-refractivity contribution in [3.8, 4) is 0 Å². The van der Waals surface area contributed by atoms with Crippen LogP contribution in [0.25, 0.3) is 10.8 Å². The molecule has 0 amide bonds. The highest BCUT2D eigenvalue weighted by atomic mass is 16.1. The van der Waals surface area contributed by atoms with Crippen molar-refractivity contribution < 1.29 is 14.1 Å². The van der Waals surface area contributed by atoms with Gasteiger partial charge in [-0.2, -0.15) is 0 Å². The second-order valence-corrected chi connectivity index (χ2v) is 9.17. The number of benzene rings is 3. The second kappa shape index (κ2) is 8.03. The molecular weight excluding hydrogens is 396 g/mol. The Morgan fingerprint density at radius 2 is 1.56 bits per heavy atom. The molecule has 162 valence electrons. The quantitative estimate of drug-likeness (QED) is 0.510. The molecule has 4 nitrogen and oxygen atoms in total. The van der Waals surface area contributed by atoms with E-state index in [-0.39, 0.29) is 11.6 Å². The normalized spacial score (nSPS) is 20.1. The van der Waals surface area contributed by atoms with Crippen molar-refractivity contribution in [2.24, 2.45) is 0 Å². The lowest BCUT2D eigenvalue weighted by atomic mass is 9.89. The molecule has 32 heavy (non-hydrogen) atoms. The Bertz CT molecular complexity index is 1250. The summed E-state index contributed by atoms with van der Waals surface area (Å²) in [5, 5.41) is 2.49. The molecular formula is C28H29N2O2+. The van der Waals surface area contributed by atoms with E-state index in [4.69, 9.17) is 0 Å². The Hall–Kier alpha value is -3.24. The van der Waals surface area contributed by atoms with Crippen LogP contribution < -0.4 is 0 Å². The standard InChI is InChI=1S/C28H29N2O2/c1-3-4-17-29-19-30(2,18-16-21-12-9-11-20-10-5-6-13-22(20)21)26-25(29)27(31)23-14-7-8-15-24(23)28(26)32/h5-15H,3-4,16-19H2,1-2H3/q+1. The van der Waals surface area contributed by atoms with Crippen LogP contribution in [-0.4, -0.2) is 47.8 Å². The molecule has 5 rings (SSSR count). The lowest BCUT2D eigenvalue weighted by Crippen LogP contribution is -2.47. The zero-order chi connectivity index (χ0) is 22.3. The minimum absolute atomic E-state index is 0.00156. The molecule has 1 unspecified atom stereocenters. The maximum absolute atomic E-state index is 13.7. The summed E-state index contributed by atoms with van der Waals surface area (Å²) in [6.07, 6.45) is 2.90. The van der Waals surface area contributed by atoms with Crippen LogP contribution in [0.2, 0.25) is 0 Å². The van der Waals surface area contributed by atoms with E-state index >= 15 is 0 Å². The van der Waals surface area contributed by atoms with E-state index in [0.717, 1.165) is 32.4 Å². The van der Waals surface area contributed by atoms with E-state index in [0.29, 0.717) is 33.7 Å². The second-order valence-electron chi connectivity index (χ2n) is 9.17. The van der Waals surface area contributed by atoms with Crippen LogP contribution in [-0.2, 0) is 6.42 Å². The Morgan fingerprint density at radius 1 is 0.875 bits per heavy atom. The van der Waals surface area contributed by atoms with Gasteiger partial charge in [0.25, 0.3) is 0 Å². The van der Waals surface area contributed by atoms with Crippen LogP contribution in [0, 0.1) is 0 Å². The number of unbranched alkanes of at least 4 members (excludes halogenated alkanes) is 1. The van der Waals surface area contributed by atoms with Crippen molar-refractivity contribution in [2.45, 2.75) is 26.2 Å². The first-order valence-electron chi connectivity index (χ1n) is 11.5. The number of hydrogen-bond donors (Lipinski definition) is 0. The van der Waals surface area contributed by atoms with Crippen molar-refractivity contribution in [1.82, 2.24) is 4.90 Å². The Morgan fingerprint density at radius 3 is 2.34 bits per heavy atom. The summed E-state index contributed by atoms with van der Waals surface area (Å²) in [6.45, 7) is 4.40. The van der Waals surface area contributed by atoms with Crippen LogP contribution >= 0.6 is 0 Å². The fourth-order valence-electron chi connectivity index (χ4n) is 5.25. The summed E-state index contributed by atoms with van der Waals surface area (Å²) >= 11 is 0. The molecule has 0 bridgehead atoms. The first-order chi connectivity index (χ1) is 15.5. The average Bonchev–Trinajstić information content (AvgIpc) is 3.12. The van der Waals surface area contributed by atoms with Gasteiger partial charge in [-0.1, -0.05) is 80.1 Å². The van der Waals surface area contributed by atoms with Crippen molar-refractivity contribution in [1.29, 1.82) is 0 Å². The first-order valence-corrected chi connectivity index (χ1v) is 11.5. The van der Waals surface area contributed by atoms with Gasteiger partial charge in [0, 0.05) is 24.1 Å². The molecule has 3 aromatic carbocycles. The topological polar surface area (TPSA) is 37.4 Å². The lowest BCUT2D eigenvalue weighted by molar-refractivity contribution is -0.869. The number of carbonyl (C=O) groups excluding carboxylic acids is 2. The molecule has 1 aliphatic carbocycles. The number of carbonyl (C=O) groups is 2. The minimum Gasteiger partial charge on any atom is -0.316 e. The predicted octanol–water partition coefficient (Wildman–Crippen LogP) is 5.19. The van der Waals surface area contributed by atoms with Crippen molar-refractivity contribution in [3.63, 3.8) is 0 Å². The average molecular weight is 426 g/mol. The molecule has 0 N–H and O–H groups in total. The van der Waals surface area contributed by atoms with Gasteiger partial charge in [-0.05, 0) is 22.8 Å². The Balaban J connectivity index is 1.53. The molecule has 0 aromatic heterocycles. The fraction of sp³-hybridized carbons (Fsp3) is 0.286. The minimum atomic E-state index is -0.00156. The SMILES string of the molecule is CCCCN1C[N+](C)(CCc2cccc3ccccc23)C2=C1C(=O)c1ccccc1C2=O. The van der Waals surface area contributed by atoms with Gasteiger partial charge in [0.05, 0.1) is 13.6 Å². The first kappa shape index (κ1) is 20.7. The monoisotopic (exact) mass is 425 g/mol. The number of likely N-dealkylation sites (N-methyl/N-ethyl adjacent to an activating group) is 1. The van der Waals surface area contributed by atoms with Crippen molar-refractivity contribution >= 4 is 22.3 Å². The number of nitrogens with zero attached hydrogens (tertiary/aromatic N) is 2. The molecule has 1 atom stereocenters. The maximum atomic E-state index is 13.7. The van der Waals surface area contributed by atoms with Crippen LogP contribution in [0.1, 0.15) is 46.0 Å². The molecule has 1 heterocycles. The molecule has 4 heteroatoms. The van der Waals surface area contributed by atoms with E-state index in [1.54, 1.807) is 12.1 Å². The predicted molar refractivity (Wildman–Crippen MR) is 127 cm³/mol. The zero-order valence-electron chi connectivity index (χ0n) is 18.8. The van der Waals surface area contributed by atoms with Gasteiger partial charge in [-0.25, -0.2) is 0 Å². The van der Waals surface area contributed by atoms with Gasteiger partial charge >= 0.3 is 0 Å². The summed E-state index contributed by atoms with van der Waals surface area (Å²) in [4.78, 5) is 29.3. The van der Waals surface area contributed by atoms with Crippen LogP contribution in [0.15, 0.2) is 78.1 Å². The largest absolute Gasteiger partial charge is 0.316 e. The fourth-order valence-corrected chi connectivity index (χ4v) is 5.25. The van der Waals surface area contributed by atoms with Gasteiger partial charge in [-0.3, -0.25) is 14.1 Å². The number of Topliss-reactive ketones (excluding diaryl/α,β-unsaturated/α-hetero) is 2. The highest BCUT2D eigenvalue weighted by Gasteiger charge is 2.51. The van der Waals surface area contributed by atoms with Gasteiger partial charge in [0.1, 0.15) is 0 Å². The van der Waals surface area contributed by atoms with Crippen molar-refractivity contribution in [2.75, 3.05) is 26.8 Å². The van der Waals surface area contributed by atoms with Crippen LogP contribution in [0.3, 0.4) is 0 Å². The summed E-state index contributed by atoms with van der Waals surface area (Å²) in [5.41, 5.74) is 3.67. The Kier molecular flexibility index (Phi) is 5.18. The highest BCUT2D eigenvalue weighted by molar-refractivity contribution is 6.26. The van der Waals surface area contributed by atoms with Gasteiger partial charge < -0.3 is 4.90 Å². The molecule has 0 radical (unpaired) electrons. The number of fused-ring (bicyclic) bond motifs is 2. The zero-order valence-corrected chi connectivity index (χ0v) is 18.8. The molecule has 0 saturated heterocycles. The van der Waals surface area contributed by atoms with Gasteiger partial charge in [0.2, 0.25) is 17.3 Å². The number of rotatable bonds is 6. The third kappa shape index (κ3) is 3.26. The van der Waals surface area contributed by atoms with Crippen LogP contribution in [0.4, 0.5) is 0 Å². The summed E-state index contributed by atoms with van der Waals surface area (Å²) in [6, 6.07) is 22.1. The number of allylic oxidation sites excluding steroid dienone is 2. The molecule has 0 saturated carbocycles.